The highest BCUT2D eigenvalue weighted by Gasteiger charge is 2.22. The van der Waals surface area contributed by atoms with Crippen LogP contribution in [0, 0.1) is 11.8 Å². The normalized spacial score (nSPS) is 23.0. The molecular formula is C14H29N. The summed E-state index contributed by atoms with van der Waals surface area (Å²) >= 11 is 0. The Hall–Kier alpha value is -0.0400. The summed E-state index contributed by atoms with van der Waals surface area (Å²) in [4.78, 5) is 0. The van der Waals surface area contributed by atoms with E-state index in [1.807, 2.05) is 0 Å². The lowest BCUT2D eigenvalue weighted by Crippen LogP contribution is -2.43. The van der Waals surface area contributed by atoms with E-state index in [2.05, 4.69) is 33.0 Å². The monoisotopic (exact) mass is 211 g/mol. The summed E-state index contributed by atoms with van der Waals surface area (Å²) in [7, 11) is 0. The van der Waals surface area contributed by atoms with Crippen molar-refractivity contribution < 1.29 is 0 Å². The molecule has 0 amide bonds. The summed E-state index contributed by atoms with van der Waals surface area (Å²) < 4.78 is 0. The topological polar surface area (TPSA) is 12.0 Å². The van der Waals surface area contributed by atoms with Gasteiger partial charge in [-0.05, 0) is 38.0 Å². The van der Waals surface area contributed by atoms with Crippen LogP contribution in [0.3, 0.4) is 0 Å². The highest BCUT2D eigenvalue weighted by atomic mass is 15.0. The van der Waals surface area contributed by atoms with Gasteiger partial charge in [0.2, 0.25) is 0 Å². The first kappa shape index (κ1) is 13.0. The summed E-state index contributed by atoms with van der Waals surface area (Å²) in [5.74, 6) is 1.70. The van der Waals surface area contributed by atoms with Gasteiger partial charge in [0.05, 0.1) is 0 Å². The minimum atomic E-state index is 0.710. The van der Waals surface area contributed by atoms with Crippen LogP contribution in [0.1, 0.15) is 66.2 Å². The second kappa shape index (κ2) is 6.52. The third kappa shape index (κ3) is 4.14. The van der Waals surface area contributed by atoms with Crippen LogP contribution >= 0.6 is 0 Å². The van der Waals surface area contributed by atoms with E-state index in [0.29, 0.717) is 6.04 Å². The second-order valence-electron chi connectivity index (χ2n) is 5.61. The summed E-state index contributed by atoms with van der Waals surface area (Å²) in [5, 5.41) is 3.84. The predicted molar refractivity (Wildman–Crippen MR) is 68.1 cm³/mol. The van der Waals surface area contributed by atoms with E-state index in [0.717, 1.165) is 17.9 Å². The largest absolute Gasteiger partial charge is 0.311 e. The molecular weight excluding hydrogens is 182 g/mol. The van der Waals surface area contributed by atoms with Crippen LogP contribution in [0.4, 0.5) is 0 Å². The van der Waals surface area contributed by atoms with Crippen LogP contribution in [0.5, 0.6) is 0 Å². The van der Waals surface area contributed by atoms with Gasteiger partial charge in [0.1, 0.15) is 0 Å². The summed E-state index contributed by atoms with van der Waals surface area (Å²) in [6.45, 7) is 9.34. The average molecular weight is 211 g/mol. The molecule has 0 aromatic carbocycles. The Balaban J connectivity index is 2.34. The van der Waals surface area contributed by atoms with Gasteiger partial charge in [-0.1, -0.05) is 40.0 Å². The molecule has 1 fully saturated rings. The maximum absolute atomic E-state index is 3.84. The van der Waals surface area contributed by atoms with Crippen molar-refractivity contribution in [1.29, 1.82) is 0 Å². The zero-order valence-corrected chi connectivity index (χ0v) is 11.1. The summed E-state index contributed by atoms with van der Waals surface area (Å²) in [6.07, 6.45) is 8.52. The van der Waals surface area contributed by atoms with Gasteiger partial charge in [-0.25, -0.2) is 0 Å². The number of hydrogen-bond donors (Lipinski definition) is 1. The second-order valence-corrected chi connectivity index (χ2v) is 5.61. The average Bonchev–Trinajstić information content (AvgIpc) is 2.26. The molecule has 15 heavy (non-hydrogen) atoms. The maximum atomic E-state index is 3.84. The molecule has 0 heterocycles. The first-order chi connectivity index (χ1) is 7.15. The van der Waals surface area contributed by atoms with Gasteiger partial charge >= 0.3 is 0 Å². The highest BCUT2D eigenvalue weighted by molar-refractivity contribution is 4.80. The lowest BCUT2D eigenvalue weighted by Gasteiger charge is -2.33. The van der Waals surface area contributed by atoms with E-state index >= 15 is 0 Å². The van der Waals surface area contributed by atoms with E-state index in [1.54, 1.807) is 0 Å². The summed E-state index contributed by atoms with van der Waals surface area (Å²) in [6, 6.07) is 1.43. The molecule has 1 N–H and O–H groups in total. The standard InChI is InChI=1S/C14H29N/c1-5-14(11(2)3)15-12(4)13-9-7-6-8-10-13/h11-15H,5-10H2,1-4H3/t12-,14?/m1/s1. The molecule has 1 nitrogen and oxygen atoms in total. The molecule has 2 atom stereocenters. The van der Waals surface area contributed by atoms with Crippen molar-refractivity contribution in [2.45, 2.75) is 78.3 Å². The number of nitrogens with one attached hydrogen (secondary N) is 1. The molecule has 0 saturated heterocycles. The van der Waals surface area contributed by atoms with Gasteiger partial charge in [0, 0.05) is 12.1 Å². The van der Waals surface area contributed by atoms with Gasteiger partial charge in [-0.3, -0.25) is 0 Å². The molecule has 0 aromatic rings. The molecule has 1 rings (SSSR count). The maximum Gasteiger partial charge on any atom is 0.00900 e. The zero-order valence-electron chi connectivity index (χ0n) is 11.1. The van der Waals surface area contributed by atoms with Crippen LogP contribution in [0.25, 0.3) is 0 Å². The zero-order chi connectivity index (χ0) is 11.3. The number of hydrogen-bond acceptors (Lipinski definition) is 1. The Kier molecular flexibility index (Phi) is 5.66. The van der Waals surface area contributed by atoms with Gasteiger partial charge in [-0.2, -0.15) is 0 Å². The Morgan fingerprint density at radius 2 is 1.67 bits per heavy atom. The van der Waals surface area contributed by atoms with Gasteiger partial charge < -0.3 is 5.32 Å². The van der Waals surface area contributed by atoms with Gasteiger partial charge in [0.25, 0.3) is 0 Å². The highest BCUT2D eigenvalue weighted by Crippen LogP contribution is 2.27. The van der Waals surface area contributed by atoms with Crippen LogP contribution in [0.2, 0.25) is 0 Å². The Morgan fingerprint density at radius 1 is 1.07 bits per heavy atom. The molecule has 1 aliphatic rings. The Morgan fingerprint density at radius 3 is 2.13 bits per heavy atom. The quantitative estimate of drug-likeness (QED) is 0.725. The third-order valence-electron chi connectivity index (χ3n) is 4.08. The van der Waals surface area contributed by atoms with Gasteiger partial charge in [0.15, 0.2) is 0 Å². The molecule has 0 aliphatic heterocycles. The molecule has 1 heteroatoms. The molecule has 1 saturated carbocycles. The third-order valence-corrected chi connectivity index (χ3v) is 4.08. The molecule has 90 valence electrons. The Bertz CT molecular complexity index is 159. The fourth-order valence-electron chi connectivity index (χ4n) is 2.89. The SMILES string of the molecule is CCC(N[C@H](C)C1CCCCC1)C(C)C. The van der Waals surface area contributed by atoms with Crippen molar-refractivity contribution in [1.82, 2.24) is 5.32 Å². The Labute approximate surface area is 96.0 Å². The lowest BCUT2D eigenvalue weighted by atomic mass is 9.84. The van der Waals surface area contributed by atoms with Gasteiger partial charge in [-0.15, -0.1) is 0 Å². The van der Waals surface area contributed by atoms with Crippen molar-refractivity contribution in [3.8, 4) is 0 Å². The minimum absolute atomic E-state index is 0.710. The van der Waals surface area contributed by atoms with Crippen LogP contribution in [-0.4, -0.2) is 12.1 Å². The van der Waals surface area contributed by atoms with Crippen molar-refractivity contribution in [3.63, 3.8) is 0 Å². The van der Waals surface area contributed by atoms with E-state index in [9.17, 15) is 0 Å². The first-order valence-corrected chi connectivity index (χ1v) is 6.91. The fourth-order valence-corrected chi connectivity index (χ4v) is 2.89. The molecule has 0 bridgehead atoms. The van der Waals surface area contributed by atoms with Crippen molar-refractivity contribution in [3.05, 3.63) is 0 Å². The molecule has 0 spiro atoms. The van der Waals surface area contributed by atoms with Crippen molar-refractivity contribution in [2.24, 2.45) is 11.8 Å². The van der Waals surface area contributed by atoms with Crippen LogP contribution < -0.4 is 5.32 Å². The van der Waals surface area contributed by atoms with Crippen molar-refractivity contribution in [2.75, 3.05) is 0 Å². The smallest absolute Gasteiger partial charge is 0.00900 e. The van der Waals surface area contributed by atoms with Crippen LogP contribution in [0.15, 0.2) is 0 Å². The molecule has 0 aromatic heterocycles. The molecule has 1 unspecified atom stereocenters. The number of rotatable bonds is 5. The predicted octanol–water partition coefficient (Wildman–Crippen LogP) is 3.98. The molecule has 1 aliphatic carbocycles. The first-order valence-electron chi connectivity index (χ1n) is 6.91. The fraction of sp³-hybridized carbons (Fsp3) is 1.00. The van der Waals surface area contributed by atoms with E-state index < -0.39 is 0 Å². The minimum Gasteiger partial charge on any atom is -0.311 e. The van der Waals surface area contributed by atoms with E-state index in [1.165, 1.54) is 38.5 Å². The van der Waals surface area contributed by atoms with E-state index in [-0.39, 0.29) is 0 Å². The van der Waals surface area contributed by atoms with E-state index in [4.69, 9.17) is 0 Å². The van der Waals surface area contributed by atoms with Crippen LogP contribution in [-0.2, 0) is 0 Å². The molecule has 0 radical (unpaired) electrons. The lowest BCUT2D eigenvalue weighted by molar-refractivity contribution is 0.242. The van der Waals surface area contributed by atoms with Crippen molar-refractivity contribution >= 4 is 0 Å². The summed E-state index contributed by atoms with van der Waals surface area (Å²) in [5.41, 5.74) is 0.